The van der Waals surface area contributed by atoms with E-state index in [9.17, 15) is 0 Å². The summed E-state index contributed by atoms with van der Waals surface area (Å²) in [5, 5.41) is 2.27. The molecular formula is C46H64O2Si2. The molecule has 3 aromatic rings. The molecule has 3 aromatic carbocycles. The first-order chi connectivity index (χ1) is 23.6. The van der Waals surface area contributed by atoms with Gasteiger partial charge in [0, 0.05) is 29.4 Å². The van der Waals surface area contributed by atoms with Gasteiger partial charge in [0.2, 0.25) is 0 Å². The van der Waals surface area contributed by atoms with Gasteiger partial charge in [0.05, 0.1) is 14.2 Å². The van der Waals surface area contributed by atoms with Crippen molar-refractivity contribution < 1.29 is 9.47 Å². The van der Waals surface area contributed by atoms with E-state index in [4.69, 9.17) is 9.47 Å². The number of ether oxygens (including phenoxy) is 2. The predicted octanol–water partition coefficient (Wildman–Crippen LogP) is 12.6. The summed E-state index contributed by atoms with van der Waals surface area (Å²) in [5.74, 6) is 16.3. The zero-order chi connectivity index (χ0) is 37.2. The summed E-state index contributed by atoms with van der Waals surface area (Å²) in [6, 6.07) is 17.0. The third kappa shape index (κ3) is 9.10. The van der Waals surface area contributed by atoms with Crippen LogP contribution in [0.2, 0.25) is 33.2 Å². The van der Waals surface area contributed by atoms with Crippen molar-refractivity contribution in [3.63, 3.8) is 0 Å². The van der Waals surface area contributed by atoms with Crippen molar-refractivity contribution in [2.45, 2.75) is 142 Å². The highest BCUT2D eigenvalue weighted by Gasteiger charge is 2.42. The molecule has 0 aliphatic carbocycles. The molecule has 50 heavy (non-hydrogen) atoms. The number of hydrogen-bond acceptors (Lipinski definition) is 2. The summed E-state index contributed by atoms with van der Waals surface area (Å²) in [6.45, 7) is 28.5. The van der Waals surface area contributed by atoms with Gasteiger partial charge in [-0.2, -0.15) is 0 Å². The molecule has 0 aliphatic heterocycles. The molecule has 4 heteroatoms. The third-order valence-electron chi connectivity index (χ3n) is 11.3. The Labute approximate surface area is 308 Å². The van der Waals surface area contributed by atoms with E-state index < -0.39 is 16.1 Å². The predicted molar refractivity (Wildman–Crippen MR) is 224 cm³/mol. The maximum absolute atomic E-state index is 5.66. The normalized spacial score (nSPS) is 11.9. The van der Waals surface area contributed by atoms with Crippen LogP contribution >= 0.6 is 0 Å². The highest BCUT2D eigenvalue weighted by atomic mass is 28.3. The molecule has 3 rings (SSSR count). The Morgan fingerprint density at radius 2 is 0.940 bits per heavy atom. The lowest BCUT2D eigenvalue weighted by Crippen LogP contribution is -2.43. The first-order valence-electron chi connectivity index (χ1n) is 18.9. The number of benzene rings is 3. The fourth-order valence-electron chi connectivity index (χ4n) is 8.67. The molecule has 0 atom stereocenters. The second-order valence-electron chi connectivity index (χ2n) is 15.9. The van der Waals surface area contributed by atoms with E-state index in [1.807, 2.05) is 12.1 Å². The van der Waals surface area contributed by atoms with E-state index in [0.29, 0.717) is 33.2 Å². The summed E-state index contributed by atoms with van der Waals surface area (Å²) in [4.78, 5) is 0. The quantitative estimate of drug-likeness (QED) is 0.138. The first kappa shape index (κ1) is 41.1. The van der Waals surface area contributed by atoms with Gasteiger partial charge in [0.25, 0.3) is 0 Å². The Bertz CT molecular complexity index is 1730. The van der Waals surface area contributed by atoms with Crippen molar-refractivity contribution in [2.24, 2.45) is 0 Å². The van der Waals surface area contributed by atoms with E-state index in [1.54, 1.807) is 14.2 Å². The fourth-order valence-corrected chi connectivity index (χ4v) is 19.3. The lowest BCUT2D eigenvalue weighted by atomic mass is 9.95. The van der Waals surface area contributed by atoms with Crippen LogP contribution in [0, 0.1) is 34.8 Å². The van der Waals surface area contributed by atoms with E-state index in [1.165, 1.54) is 11.1 Å². The van der Waals surface area contributed by atoms with Crippen molar-refractivity contribution in [3.05, 3.63) is 70.8 Å². The zero-order valence-electron chi connectivity index (χ0n) is 33.7. The maximum Gasteiger partial charge on any atom is 0.145 e. The fraction of sp³-hybridized carbons (Fsp3) is 0.522. The van der Waals surface area contributed by atoms with Crippen LogP contribution in [0.15, 0.2) is 48.5 Å². The van der Waals surface area contributed by atoms with Gasteiger partial charge in [-0.1, -0.05) is 119 Å². The Morgan fingerprint density at radius 1 is 0.520 bits per heavy atom. The number of methoxy groups -OCH3 is 2. The molecule has 0 N–H and O–H groups in total. The number of rotatable bonds is 12. The van der Waals surface area contributed by atoms with Gasteiger partial charge in [0.15, 0.2) is 0 Å². The Balaban J connectivity index is 2.07. The van der Waals surface area contributed by atoms with Gasteiger partial charge in [-0.05, 0) is 86.9 Å². The number of aryl methyl sites for hydroxylation is 2. The summed E-state index contributed by atoms with van der Waals surface area (Å²) in [5.41, 5.74) is 16.1. The molecule has 0 bridgehead atoms. The van der Waals surface area contributed by atoms with E-state index in [0.717, 1.165) is 59.1 Å². The summed E-state index contributed by atoms with van der Waals surface area (Å²) >= 11 is 0. The van der Waals surface area contributed by atoms with Gasteiger partial charge in [-0.15, -0.1) is 22.9 Å². The lowest BCUT2D eigenvalue weighted by molar-refractivity contribution is 0.414. The second kappa shape index (κ2) is 18.2. The molecule has 0 amide bonds. The molecule has 0 unspecified atom stereocenters. The molecule has 0 radical (unpaired) electrons. The van der Waals surface area contributed by atoms with Crippen LogP contribution in [0.3, 0.4) is 0 Å². The zero-order valence-corrected chi connectivity index (χ0v) is 35.7. The van der Waals surface area contributed by atoms with Crippen molar-refractivity contribution in [3.8, 4) is 46.3 Å². The summed E-state index contributed by atoms with van der Waals surface area (Å²) in [7, 11) is -0.0960. The van der Waals surface area contributed by atoms with E-state index >= 15 is 0 Å². The highest BCUT2D eigenvalue weighted by Crippen LogP contribution is 2.42. The van der Waals surface area contributed by atoms with Crippen LogP contribution in [0.4, 0.5) is 0 Å². The van der Waals surface area contributed by atoms with Crippen molar-refractivity contribution >= 4 is 26.9 Å². The largest absolute Gasteiger partial charge is 0.497 e. The molecule has 0 saturated carbocycles. The Kier molecular flexibility index (Phi) is 15.0. The van der Waals surface area contributed by atoms with E-state index in [2.05, 4.69) is 154 Å². The van der Waals surface area contributed by atoms with Crippen LogP contribution in [0.5, 0.6) is 11.5 Å². The average Bonchev–Trinajstić information content (AvgIpc) is 3.06. The average molecular weight is 705 g/mol. The molecule has 2 nitrogen and oxygen atoms in total. The minimum Gasteiger partial charge on any atom is -0.497 e. The van der Waals surface area contributed by atoms with Crippen LogP contribution < -0.4 is 9.47 Å². The minimum atomic E-state index is -1.78. The molecule has 0 spiro atoms. The van der Waals surface area contributed by atoms with Crippen LogP contribution in [0.1, 0.15) is 118 Å². The number of fused-ring (bicyclic) bond motifs is 1. The van der Waals surface area contributed by atoms with Crippen molar-refractivity contribution in [1.82, 2.24) is 0 Å². The molecule has 0 fully saturated rings. The molecule has 268 valence electrons. The third-order valence-corrected chi connectivity index (χ3v) is 24.0. The maximum atomic E-state index is 5.66. The van der Waals surface area contributed by atoms with Crippen LogP contribution in [0.25, 0.3) is 10.8 Å². The Hall–Kier alpha value is -3.37. The van der Waals surface area contributed by atoms with Crippen molar-refractivity contribution in [2.75, 3.05) is 14.2 Å². The van der Waals surface area contributed by atoms with Gasteiger partial charge in [-0.3, -0.25) is 0 Å². The van der Waals surface area contributed by atoms with Crippen LogP contribution in [-0.2, 0) is 12.8 Å². The molecule has 0 saturated heterocycles. The molecule has 0 aliphatic rings. The summed E-state index contributed by atoms with van der Waals surface area (Å²) in [6.07, 6.45) is 3.36. The summed E-state index contributed by atoms with van der Waals surface area (Å²) < 4.78 is 11.3. The van der Waals surface area contributed by atoms with Gasteiger partial charge >= 0.3 is 0 Å². The SMILES string of the molecule is COc1ccc(CCC#C[Si](C(C)C)(C(C)C)C(C)C)c(C#Cc2c(CCC#C[Si](C(C)C)(C(C)C)C(C)C)ccc3ccc(OC)cc23)c1. The molecular weight excluding hydrogens is 641 g/mol. The van der Waals surface area contributed by atoms with Gasteiger partial charge in [-0.25, -0.2) is 0 Å². The second-order valence-corrected chi connectivity index (χ2v) is 27.0. The molecule has 0 heterocycles. The lowest BCUT2D eigenvalue weighted by Gasteiger charge is -2.38. The smallest absolute Gasteiger partial charge is 0.145 e. The standard InChI is InChI=1S/C46H64O2Si2/c1-33(2)49(34(3)4,35(5)6)29-17-15-19-39-23-26-43(47-13)31-42(39)25-28-45-40(21-22-41-24-27-44(48-14)32-46(41)45)20-16-18-30-50(36(7)8,37(9)10)38(11)12/h21-24,26-27,31-38H,15-16,19-20H2,1-14H3. The molecule has 0 aromatic heterocycles. The minimum absolute atomic E-state index is 0.623. The highest BCUT2D eigenvalue weighted by molar-refractivity contribution is 6.91. The van der Waals surface area contributed by atoms with Crippen LogP contribution in [-0.4, -0.2) is 30.4 Å². The monoisotopic (exact) mass is 704 g/mol. The van der Waals surface area contributed by atoms with Crippen molar-refractivity contribution in [1.29, 1.82) is 0 Å². The first-order valence-corrected chi connectivity index (χ1v) is 23.4. The Morgan fingerprint density at radius 3 is 1.42 bits per heavy atom. The van der Waals surface area contributed by atoms with Gasteiger partial charge < -0.3 is 9.47 Å². The van der Waals surface area contributed by atoms with E-state index in [-0.39, 0.29) is 0 Å². The van der Waals surface area contributed by atoms with Gasteiger partial charge in [0.1, 0.15) is 27.6 Å². The topological polar surface area (TPSA) is 18.5 Å². The number of hydrogen-bond donors (Lipinski definition) is 0.